The van der Waals surface area contributed by atoms with Crippen molar-refractivity contribution in [3.8, 4) is 11.4 Å². The van der Waals surface area contributed by atoms with Gasteiger partial charge in [0.25, 0.3) is 0 Å². The van der Waals surface area contributed by atoms with Crippen LogP contribution in [0.15, 0.2) is 33.9 Å². The topological polar surface area (TPSA) is 95.7 Å². The van der Waals surface area contributed by atoms with Crippen LogP contribution < -0.4 is 5.84 Å². The number of benzene rings is 1. The molecular formula is C13H13ClN6OS. The van der Waals surface area contributed by atoms with E-state index in [1.54, 1.807) is 19.1 Å². The molecule has 0 amide bonds. The molecule has 3 aromatic rings. The Kier molecular flexibility index (Phi) is 4.04. The number of hydrogen-bond acceptors (Lipinski definition) is 7. The maximum absolute atomic E-state index is 6.08. The van der Waals surface area contributed by atoms with E-state index in [4.69, 9.17) is 22.0 Å². The van der Waals surface area contributed by atoms with Crippen molar-refractivity contribution in [3.63, 3.8) is 0 Å². The lowest BCUT2D eigenvalue weighted by Gasteiger charge is -2.06. The third-order valence-corrected chi connectivity index (χ3v) is 4.24. The number of nitrogen functional groups attached to an aromatic ring is 1. The lowest BCUT2D eigenvalue weighted by Crippen LogP contribution is -2.12. The average molecular weight is 337 g/mol. The Labute approximate surface area is 135 Å². The molecule has 0 fully saturated rings. The molecule has 114 valence electrons. The molecule has 7 nitrogen and oxygen atoms in total. The Hall–Kier alpha value is -2.06. The maximum atomic E-state index is 6.08. The molecule has 0 aliphatic heterocycles. The molecule has 0 radical (unpaired) electrons. The average Bonchev–Trinajstić information content (AvgIpc) is 3.08. The molecule has 0 spiro atoms. The third-order valence-electron chi connectivity index (χ3n) is 2.94. The van der Waals surface area contributed by atoms with Gasteiger partial charge < -0.3 is 10.4 Å². The van der Waals surface area contributed by atoms with E-state index in [9.17, 15) is 0 Å². The van der Waals surface area contributed by atoms with Gasteiger partial charge in [-0.2, -0.15) is 4.98 Å². The highest BCUT2D eigenvalue weighted by molar-refractivity contribution is 7.99. The Morgan fingerprint density at radius 2 is 2.00 bits per heavy atom. The van der Waals surface area contributed by atoms with Crippen LogP contribution in [0.3, 0.4) is 0 Å². The molecule has 1 atom stereocenters. The molecule has 1 aromatic carbocycles. The van der Waals surface area contributed by atoms with Gasteiger partial charge in [0, 0.05) is 10.6 Å². The van der Waals surface area contributed by atoms with E-state index in [1.165, 1.54) is 16.4 Å². The third kappa shape index (κ3) is 2.93. The van der Waals surface area contributed by atoms with Crippen LogP contribution >= 0.6 is 23.4 Å². The molecular weight excluding hydrogens is 324 g/mol. The first-order valence-corrected chi connectivity index (χ1v) is 7.73. The van der Waals surface area contributed by atoms with Crippen molar-refractivity contribution in [2.45, 2.75) is 24.3 Å². The predicted molar refractivity (Wildman–Crippen MR) is 83.9 cm³/mol. The van der Waals surface area contributed by atoms with Gasteiger partial charge in [-0.05, 0) is 38.1 Å². The van der Waals surface area contributed by atoms with Crippen molar-refractivity contribution in [1.82, 2.24) is 25.0 Å². The quantitative estimate of drug-likeness (QED) is 0.578. The van der Waals surface area contributed by atoms with Gasteiger partial charge in [0.05, 0.1) is 5.25 Å². The van der Waals surface area contributed by atoms with Gasteiger partial charge in [-0.25, -0.2) is 4.68 Å². The zero-order valence-corrected chi connectivity index (χ0v) is 13.5. The lowest BCUT2D eigenvalue weighted by molar-refractivity contribution is 0.376. The first kappa shape index (κ1) is 14.9. The molecule has 2 aromatic heterocycles. The van der Waals surface area contributed by atoms with Crippen molar-refractivity contribution in [2.75, 3.05) is 5.84 Å². The summed E-state index contributed by atoms with van der Waals surface area (Å²) in [6.07, 6.45) is 0. The van der Waals surface area contributed by atoms with Crippen molar-refractivity contribution in [1.29, 1.82) is 0 Å². The number of thioether (sulfide) groups is 1. The highest BCUT2D eigenvalue weighted by Crippen LogP contribution is 2.33. The van der Waals surface area contributed by atoms with Gasteiger partial charge in [-0.1, -0.05) is 28.5 Å². The molecule has 0 saturated heterocycles. The van der Waals surface area contributed by atoms with Crippen molar-refractivity contribution in [3.05, 3.63) is 41.0 Å². The number of hydrogen-bond donors (Lipinski definition) is 1. The Morgan fingerprint density at radius 1 is 1.27 bits per heavy atom. The van der Waals surface area contributed by atoms with Gasteiger partial charge in [0.2, 0.25) is 11.0 Å². The fourth-order valence-electron chi connectivity index (χ4n) is 1.84. The summed E-state index contributed by atoms with van der Waals surface area (Å²) < 4.78 is 6.59. The number of aryl methyl sites for hydroxylation is 1. The zero-order valence-electron chi connectivity index (χ0n) is 11.9. The second-order valence-electron chi connectivity index (χ2n) is 4.62. The van der Waals surface area contributed by atoms with E-state index in [0.29, 0.717) is 27.7 Å². The van der Waals surface area contributed by atoms with Crippen molar-refractivity contribution < 1.29 is 4.52 Å². The Bertz CT molecular complexity index is 784. The van der Waals surface area contributed by atoms with Gasteiger partial charge >= 0.3 is 0 Å². The Morgan fingerprint density at radius 3 is 2.64 bits per heavy atom. The van der Waals surface area contributed by atoms with E-state index >= 15 is 0 Å². The number of nitrogens with zero attached hydrogens (tertiary/aromatic N) is 5. The summed E-state index contributed by atoms with van der Waals surface area (Å²) in [5.41, 5.74) is 0.840. The summed E-state index contributed by atoms with van der Waals surface area (Å²) in [6.45, 7) is 3.71. The molecule has 22 heavy (non-hydrogen) atoms. The minimum absolute atomic E-state index is 0.0780. The van der Waals surface area contributed by atoms with Gasteiger partial charge in [-0.3, -0.25) is 0 Å². The van der Waals surface area contributed by atoms with Crippen molar-refractivity contribution in [2.24, 2.45) is 0 Å². The minimum Gasteiger partial charge on any atom is -0.338 e. The first-order valence-electron chi connectivity index (χ1n) is 6.48. The zero-order chi connectivity index (χ0) is 15.7. The van der Waals surface area contributed by atoms with E-state index in [1.807, 2.05) is 19.1 Å². The highest BCUT2D eigenvalue weighted by atomic mass is 35.5. The molecule has 0 bridgehead atoms. The molecule has 1 unspecified atom stereocenters. The van der Waals surface area contributed by atoms with Crippen LogP contribution in [-0.2, 0) is 0 Å². The summed E-state index contributed by atoms with van der Waals surface area (Å²) in [6, 6.07) is 7.24. The van der Waals surface area contributed by atoms with Crippen LogP contribution in [0.5, 0.6) is 0 Å². The van der Waals surface area contributed by atoms with Crippen LogP contribution in [0.25, 0.3) is 11.4 Å². The van der Waals surface area contributed by atoms with Crippen LogP contribution in [0.1, 0.15) is 23.9 Å². The van der Waals surface area contributed by atoms with E-state index in [0.717, 1.165) is 5.56 Å². The summed E-state index contributed by atoms with van der Waals surface area (Å²) in [7, 11) is 0. The van der Waals surface area contributed by atoms with Crippen LogP contribution in [-0.4, -0.2) is 25.0 Å². The van der Waals surface area contributed by atoms with Crippen LogP contribution in [0.4, 0.5) is 0 Å². The largest absolute Gasteiger partial charge is 0.338 e. The van der Waals surface area contributed by atoms with Gasteiger partial charge in [-0.15, -0.1) is 10.2 Å². The minimum atomic E-state index is -0.0780. The smallest absolute Gasteiger partial charge is 0.239 e. The van der Waals surface area contributed by atoms with Gasteiger partial charge in [0.1, 0.15) is 0 Å². The van der Waals surface area contributed by atoms with E-state index in [-0.39, 0.29) is 5.25 Å². The first-order chi connectivity index (χ1) is 10.5. The summed E-state index contributed by atoms with van der Waals surface area (Å²) in [5.74, 6) is 7.76. The fourth-order valence-corrected chi connectivity index (χ4v) is 2.77. The lowest BCUT2D eigenvalue weighted by atomic mass is 10.2. The number of aromatic nitrogens is 5. The van der Waals surface area contributed by atoms with Crippen molar-refractivity contribution >= 4 is 23.4 Å². The standard InChI is InChI=1S/C13H13ClN6OS/c1-7(12-16-8(2)19-21-12)22-13-18-17-11(20(13)15)9-3-5-10(14)6-4-9/h3-7H,15H2,1-2H3. The van der Waals surface area contributed by atoms with Crippen LogP contribution in [0.2, 0.25) is 5.02 Å². The maximum Gasteiger partial charge on any atom is 0.239 e. The second-order valence-corrected chi connectivity index (χ2v) is 6.37. The molecule has 3 rings (SSSR count). The number of nitrogens with two attached hydrogens (primary N) is 1. The van der Waals surface area contributed by atoms with Gasteiger partial charge in [0.15, 0.2) is 11.6 Å². The second kappa shape index (κ2) is 5.98. The predicted octanol–water partition coefficient (Wildman–Crippen LogP) is 2.86. The monoisotopic (exact) mass is 336 g/mol. The molecule has 0 saturated carbocycles. The highest BCUT2D eigenvalue weighted by Gasteiger charge is 2.19. The summed E-state index contributed by atoms with van der Waals surface area (Å²) in [4.78, 5) is 4.20. The molecule has 0 aliphatic rings. The molecule has 0 aliphatic carbocycles. The molecule has 2 heterocycles. The molecule has 9 heteroatoms. The number of halogens is 1. The van der Waals surface area contributed by atoms with Crippen LogP contribution in [0, 0.1) is 6.92 Å². The SMILES string of the molecule is Cc1noc(C(C)Sc2nnc(-c3ccc(Cl)cc3)n2N)n1. The summed E-state index contributed by atoms with van der Waals surface area (Å²) >= 11 is 7.28. The normalized spacial score (nSPS) is 12.5. The van der Waals surface area contributed by atoms with E-state index in [2.05, 4.69) is 20.3 Å². The Balaban J connectivity index is 1.82. The fraction of sp³-hybridized carbons (Fsp3) is 0.231. The number of rotatable bonds is 4. The summed E-state index contributed by atoms with van der Waals surface area (Å²) in [5, 5.41) is 13.2. The molecule has 2 N–H and O–H groups in total. The van der Waals surface area contributed by atoms with E-state index < -0.39 is 0 Å².